The van der Waals surface area contributed by atoms with E-state index >= 15 is 0 Å². The van der Waals surface area contributed by atoms with Gasteiger partial charge >= 0.3 is 0 Å². The summed E-state index contributed by atoms with van der Waals surface area (Å²) in [7, 11) is 0. The first-order valence-corrected chi connectivity index (χ1v) is 10.2. The van der Waals surface area contributed by atoms with Crippen molar-refractivity contribution in [2.75, 3.05) is 31.1 Å². The number of rotatable bonds is 5. The van der Waals surface area contributed by atoms with E-state index in [4.69, 9.17) is 5.10 Å². The molecule has 28 heavy (non-hydrogen) atoms. The highest BCUT2D eigenvalue weighted by Gasteiger charge is 2.32. The predicted octanol–water partition coefficient (Wildman–Crippen LogP) is 2.22. The van der Waals surface area contributed by atoms with E-state index in [9.17, 15) is 5.11 Å². The maximum absolute atomic E-state index is 9.64. The number of benzene rings is 1. The molecule has 4 heterocycles. The molecule has 0 amide bonds. The minimum atomic E-state index is 0.262. The number of fused-ring (bicyclic) bond motifs is 1. The van der Waals surface area contributed by atoms with Gasteiger partial charge in [0.1, 0.15) is 5.82 Å². The summed E-state index contributed by atoms with van der Waals surface area (Å²) in [6, 6.07) is 14.9. The Morgan fingerprint density at radius 3 is 2.61 bits per heavy atom. The minimum absolute atomic E-state index is 0.262. The second-order valence-corrected chi connectivity index (χ2v) is 7.81. The van der Waals surface area contributed by atoms with Crippen LogP contribution in [0, 0.1) is 0 Å². The Kier molecular flexibility index (Phi) is 4.70. The molecule has 0 bridgehead atoms. The van der Waals surface area contributed by atoms with Crippen LogP contribution in [0.3, 0.4) is 0 Å². The Balaban J connectivity index is 1.43. The number of aliphatic hydroxyl groups excluding tert-OH is 1. The van der Waals surface area contributed by atoms with Crippen LogP contribution in [0.5, 0.6) is 0 Å². The number of anilines is 1. The van der Waals surface area contributed by atoms with E-state index in [1.807, 2.05) is 40.9 Å². The number of nitrogens with zero attached hydrogens (tertiary/aromatic N) is 6. The molecule has 7 nitrogen and oxygen atoms in total. The zero-order valence-corrected chi connectivity index (χ0v) is 16.0. The summed E-state index contributed by atoms with van der Waals surface area (Å²) in [6.07, 6.45) is 4.63. The van der Waals surface area contributed by atoms with Gasteiger partial charge in [-0.3, -0.25) is 4.90 Å². The monoisotopic (exact) mass is 378 g/mol. The molecule has 2 aromatic heterocycles. The Labute approximate surface area is 164 Å². The highest BCUT2D eigenvalue weighted by Crippen LogP contribution is 2.28. The Hall–Kier alpha value is -2.51. The van der Waals surface area contributed by atoms with E-state index in [0.717, 1.165) is 48.9 Å². The average Bonchev–Trinajstić information content (AvgIpc) is 3.48. The van der Waals surface area contributed by atoms with Gasteiger partial charge in [-0.05, 0) is 44.4 Å². The van der Waals surface area contributed by atoms with Crippen LogP contribution in [0.1, 0.15) is 25.7 Å². The summed E-state index contributed by atoms with van der Waals surface area (Å²) < 4.78 is 1.85. The van der Waals surface area contributed by atoms with Crippen molar-refractivity contribution in [2.24, 2.45) is 0 Å². The molecule has 2 fully saturated rings. The summed E-state index contributed by atoms with van der Waals surface area (Å²) in [5.74, 6) is 1.75. The lowest BCUT2D eigenvalue weighted by atomic mass is 10.2. The molecule has 1 aromatic carbocycles. The van der Waals surface area contributed by atoms with E-state index < -0.39 is 0 Å². The van der Waals surface area contributed by atoms with Crippen molar-refractivity contribution in [3.63, 3.8) is 0 Å². The molecule has 0 radical (unpaired) electrons. The highest BCUT2D eigenvalue weighted by molar-refractivity contribution is 5.59. The van der Waals surface area contributed by atoms with Crippen LogP contribution in [0.2, 0.25) is 0 Å². The van der Waals surface area contributed by atoms with E-state index in [1.165, 1.54) is 19.3 Å². The highest BCUT2D eigenvalue weighted by atomic mass is 16.3. The number of hydrogen-bond acceptors (Lipinski definition) is 6. The van der Waals surface area contributed by atoms with Crippen molar-refractivity contribution >= 4 is 11.5 Å². The van der Waals surface area contributed by atoms with E-state index in [1.54, 1.807) is 0 Å². The van der Waals surface area contributed by atoms with E-state index in [-0.39, 0.29) is 6.61 Å². The Morgan fingerprint density at radius 1 is 0.929 bits per heavy atom. The van der Waals surface area contributed by atoms with Crippen molar-refractivity contribution in [2.45, 2.75) is 37.8 Å². The molecule has 2 aliphatic heterocycles. The molecule has 0 saturated carbocycles. The summed E-state index contributed by atoms with van der Waals surface area (Å²) in [6.45, 7) is 3.37. The van der Waals surface area contributed by atoms with Gasteiger partial charge in [-0.1, -0.05) is 30.3 Å². The summed E-state index contributed by atoms with van der Waals surface area (Å²) in [5, 5.41) is 23.2. The fourth-order valence-corrected chi connectivity index (χ4v) is 4.64. The minimum Gasteiger partial charge on any atom is -0.395 e. The smallest absolute Gasteiger partial charge is 0.185 e. The molecule has 0 aliphatic carbocycles. The molecule has 0 spiro atoms. The van der Waals surface area contributed by atoms with Crippen molar-refractivity contribution < 1.29 is 5.11 Å². The second kappa shape index (κ2) is 7.48. The molecule has 2 unspecified atom stereocenters. The van der Waals surface area contributed by atoms with Gasteiger partial charge in [0.2, 0.25) is 0 Å². The SMILES string of the molecule is OCC1CCCN1CC1CCCN1c1ccc2nnc(-c3ccccc3)n2n1. The summed E-state index contributed by atoms with van der Waals surface area (Å²) in [5.41, 5.74) is 1.78. The van der Waals surface area contributed by atoms with Crippen LogP contribution in [0.4, 0.5) is 5.82 Å². The van der Waals surface area contributed by atoms with Crippen LogP contribution in [0.15, 0.2) is 42.5 Å². The van der Waals surface area contributed by atoms with E-state index in [0.29, 0.717) is 12.1 Å². The van der Waals surface area contributed by atoms with Gasteiger partial charge in [-0.15, -0.1) is 15.3 Å². The lowest BCUT2D eigenvalue weighted by molar-refractivity contribution is 0.153. The lowest BCUT2D eigenvalue weighted by Crippen LogP contribution is -2.43. The first kappa shape index (κ1) is 17.6. The maximum atomic E-state index is 9.64. The van der Waals surface area contributed by atoms with Gasteiger partial charge in [0.05, 0.1) is 6.61 Å². The summed E-state index contributed by atoms with van der Waals surface area (Å²) >= 11 is 0. The molecule has 2 saturated heterocycles. The molecular formula is C21H26N6O. The predicted molar refractivity (Wildman–Crippen MR) is 108 cm³/mol. The topological polar surface area (TPSA) is 69.8 Å². The normalized spacial score (nSPS) is 23.1. The van der Waals surface area contributed by atoms with Gasteiger partial charge in [0.25, 0.3) is 0 Å². The third kappa shape index (κ3) is 3.14. The molecule has 1 N–H and O–H groups in total. The number of aliphatic hydroxyl groups is 1. The maximum Gasteiger partial charge on any atom is 0.185 e. The molecule has 5 rings (SSSR count). The van der Waals surface area contributed by atoms with Gasteiger partial charge in [-0.2, -0.15) is 4.52 Å². The third-order valence-corrected chi connectivity index (χ3v) is 6.11. The van der Waals surface area contributed by atoms with Crippen LogP contribution in [0.25, 0.3) is 17.0 Å². The van der Waals surface area contributed by atoms with Gasteiger partial charge in [0, 0.05) is 30.7 Å². The Bertz CT molecular complexity index is 942. The summed E-state index contributed by atoms with van der Waals surface area (Å²) in [4.78, 5) is 4.87. The first-order valence-electron chi connectivity index (χ1n) is 10.2. The number of likely N-dealkylation sites (tertiary alicyclic amines) is 1. The number of hydrogen-bond donors (Lipinski definition) is 1. The van der Waals surface area contributed by atoms with Crippen LogP contribution >= 0.6 is 0 Å². The van der Waals surface area contributed by atoms with Crippen LogP contribution in [-0.2, 0) is 0 Å². The van der Waals surface area contributed by atoms with Gasteiger partial charge < -0.3 is 10.0 Å². The zero-order chi connectivity index (χ0) is 18.9. The molecule has 146 valence electrons. The molecule has 3 aromatic rings. The fraction of sp³-hybridized carbons (Fsp3) is 0.476. The Morgan fingerprint density at radius 2 is 1.75 bits per heavy atom. The van der Waals surface area contributed by atoms with E-state index in [2.05, 4.69) is 26.1 Å². The third-order valence-electron chi connectivity index (χ3n) is 6.11. The van der Waals surface area contributed by atoms with Crippen molar-refractivity contribution in [3.8, 4) is 11.4 Å². The van der Waals surface area contributed by atoms with Crippen molar-refractivity contribution in [1.29, 1.82) is 0 Å². The molecular weight excluding hydrogens is 352 g/mol. The second-order valence-electron chi connectivity index (χ2n) is 7.81. The standard InChI is InChI=1S/C21H26N6O/c28-15-18-9-4-12-25(18)14-17-8-5-13-26(17)20-11-10-19-22-23-21(27(19)24-20)16-6-2-1-3-7-16/h1-3,6-7,10-11,17-18,28H,4-5,8-9,12-15H2. The zero-order valence-electron chi connectivity index (χ0n) is 16.0. The van der Waals surface area contributed by atoms with Crippen LogP contribution in [-0.4, -0.2) is 68.1 Å². The van der Waals surface area contributed by atoms with Gasteiger partial charge in [-0.25, -0.2) is 0 Å². The molecule has 2 atom stereocenters. The fourth-order valence-electron chi connectivity index (χ4n) is 4.64. The molecule has 2 aliphatic rings. The van der Waals surface area contributed by atoms with Crippen molar-refractivity contribution in [3.05, 3.63) is 42.5 Å². The number of aromatic nitrogens is 4. The largest absolute Gasteiger partial charge is 0.395 e. The van der Waals surface area contributed by atoms with Crippen molar-refractivity contribution in [1.82, 2.24) is 24.7 Å². The first-order chi connectivity index (χ1) is 13.8. The lowest BCUT2D eigenvalue weighted by Gasteiger charge is -2.31. The quantitative estimate of drug-likeness (QED) is 0.734. The average molecular weight is 378 g/mol. The van der Waals surface area contributed by atoms with Gasteiger partial charge in [0.15, 0.2) is 11.5 Å². The molecule has 7 heteroatoms. The van der Waals surface area contributed by atoms with Crippen LogP contribution < -0.4 is 4.90 Å².